The summed E-state index contributed by atoms with van der Waals surface area (Å²) in [6.45, 7) is 7.98. The van der Waals surface area contributed by atoms with Gasteiger partial charge in [-0.05, 0) is 49.8 Å². The minimum Gasteiger partial charge on any atom is -0.497 e. The van der Waals surface area contributed by atoms with Crippen LogP contribution in [0.15, 0.2) is 34.7 Å². The third-order valence-corrected chi connectivity index (χ3v) is 5.53. The predicted octanol–water partition coefficient (Wildman–Crippen LogP) is 4.17. The van der Waals surface area contributed by atoms with Crippen LogP contribution in [-0.4, -0.2) is 61.4 Å². The Bertz CT molecular complexity index is 808. The number of ether oxygens (including phenoxy) is 2. The average Bonchev–Trinajstić information content (AvgIpc) is 3.14. The molecule has 1 aromatic heterocycles. The summed E-state index contributed by atoms with van der Waals surface area (Å²) < 4.78 is 16.4. The van der Waals surface area contributed by atoms with E-state index in [1.165, 1.54) is 0 Å². The summed E-state index contributed by atoms with van der Waals surface area (Å²) in [4.78, 5) is 4.55. The second-order valence-electron chi connectivity index (χ2n) is 7.02. The first-order valence-corrected chi connectivity index (χ1v) is 10.6. The Hall–Kier alpha value is -1.80. The summed E-state index contributed by atoms with van der Waals surface area (Å²) in [5.41, 5.74) is 0.756. The minimum atomic E-state index is 0.564. The molecule has 1 aliphatic heterocycles. The number of methoxy groups -OCH3 is 1. The van der Waals surface area contributed by atoms with Crippen LogP contribution in [0.25, 0.3) is 0 Å². The highest BCUT2D eigenvalue weighted by molar-refractivity contribution is 7.80. The molecule has 1 N–H and O–H groups in total. The minimum absolute atomic E-state index is 0.564. The number of thiocarbonyl (C=S) groups is 1. The van der Waals surface area contributed by atoms with Gasteiger partial charge in [0.05, 0.1) is 37.6 Å². The van der Waals surface area contributed by atoms with Gasteiger partial charge in [-0.25, -0.2) is 0 Å². The number of rotatable bonds is 8. The lowest BCUT2D eigenvalue weighted by Gasteiger charge is -2.29. The van der Waals surface area contributed by atoms with E-state index in [0.29, 0.717) is 22.4 Å². The van der Waals surface area contributed by atoms with Gasteiger partial charge >= 0.3 is 0 Å². The molecule has 158 valence electrons. The van der Waals surface area contributed by atoms with Crippen molar-refractivity contribution in [3.8, 4) is 5.75 Å². The maximum atomic E-state index is 6.37. The van der Waals surface area contributed by atoms with E-state index in [-0.39, 0.29) is 0 Å². The van der Waals surface area contributed by atoms with Crippen molar-refractivity contribution in [3.05, 3.63) is 46.9 Å². The maximum Gasteiger partial charge on any atom is 0.173 e. The van der Waals surface area contributed by atoms with Crippen LogP contribution in [-0.2, 0) is 11.3 Å². The van der Waals surface area contributed by atoms with Crippen LogP contribution in [0, 0.1) is 6.92 Å². The molecule has 0 spiro atoms. The molecule has 3 rings (SSSR count). The molecule has 1 fully saturated rings. The molecular formula is C21H28ClN3O3S. The second kappa shape index (κ2) is 10.8. The standard InChI is InChI=1S/C21H28ClN3O3S/c1-16-4-5-18(28-16)15-25(9-3-8-24-10-12-27-13-11-24)21(29)23-20-7-6-17(26-2)14-19(20)22/h4-7,14H,3,8-13,15H2,1-2H3,(H,23,29). The Labute approximate surface area is 182 Å². The number of nitrogens with one attached hydrogen (secondary N) is 1. The monoisotopic (exact) mass is 437 g/mol. The van der Waals surface area contributed by atoms with Crippen molar-refractivity contribution in [3.63, 3.8) is 0 Å². The lowest BCUT2D eigenvalue weighted by Crippen LogP contribution is -2.40. The third kappa shape index (κ3) is 6.60. The molecule has 0 amide bonds. The highest BCUT2D eigenvalue weighted by Crippen LogP contribution is 2.27. The zero-order valence-corrected chi connectivity index (χ0v) is 18.5. The van der Waals surface area contributed by atoms with Gasteiger partial charge in [-0.2, -0.15) is 0 Å². The average molecular weight is 438 g/mol. The van der Waals surface area contributed by atoms with Crippen molar-refractivity contribution in [2.75, 3.05) is 51.8 Å². The van der Waals surface area contributed by atoms with Gasteiger partial charge in [-0.15, -0.1) is 0 Å². The summed E-state index contributed by atoms with van der Waals surface area (Å²) in [7, 11) is 1.62. The van der Waals surface area contributed by atoms with Gasteiger partial charge in [-0.1, -0.05) is 11.6 Å². The molecule has 0 bridgehead atoms. The molecule has 1 aliphatic rings. The van der Waals surface area contributed by atoms with E-state index in [1.54, 1.807) is 13.2 Å². The van der Waals surface area contributed by atoms with Crippen LogP contribution in [0.2, 0.25) is 5.02 Å². The molecule has 1 aromatic carbocycles. The molecule has 1 saturated heterocycles. The van der Waals surface area contributed by atoms with Gasteiger partial charge in [-0.3, -0.25) is 4.90 Å². The van der Waals surface area contributed by atoms with E-state index in [0.717, 1.165) is 63.0 Å². The number of furan rings is 1. The van der Waals surface area contributed by atoms with Crippen molar-refractivity contribution in [1.82, 2.24) is 9.80 Å². The zero-order chi connectivity index (χ0) is 20.6. The number of anilines is 1. The molecule has 0 radical (unpaired) electrons. The van der Waals surface area contributed by atoms with Gasteiger partial charge in [0.15, 0.2) is 5.11 Å². The fourth-order valence-electron chi connectivity index (χ4n) is 3.24. The topological polar surface area (TPSA) is 50.1 Å². The number of hydrogen-bond acceptors (Lipinski definition) is 5. The van der Waals surface area contributed by atoms with E-state index >= 15 is 0 Å². The van der Waals surface area contributed by atoms with Crippen molar-refractivity contribution < 1.29 is 13.9 Å². The van der Waals surface area contributed by atoms with Crippen LogP contribution in [0.4, 0.5) is 5.69 Å². The van der Waals surface area contributed by atoms with Crippen LogP contribution >= 0.6 is 23.8 Å². The highest BCUT2D eigenvalue weighted by atomic mass is 35.5. The molecule has 0 saturated carbocycles. The van der Waals surface area contributed by atoms with Crippen LogP contribution < -0.4 is 10.1 Å². The van der Waals surface area contributed by atoms with E-state index in [9.17, 15) is 0 Å². The Morgan fingerprint density at radius 2 is 2.07 bits per heavy atom. The van der Waals surface area contributed by atoms with Gasteiger partial charge in [0, 0.05) is 32.2 Å². The van der Waals surface area contributed by atoms with Crippen LogP contribution in [0.5, 0.6) is 5.75 Å². The van der Waals surface area contributed by atoms with E-state index in [2.05, 4.69) is 15.1 Å². The van der Waals surface area contributed by atoms with Crippen molar-refractivity contribution >= 4 is 34.6 Å². The quantitative estimate of drug-likeness (QED) is 0.622. The first-order chi connectivity index (χ1) is 14.0. The summed E-state index contributed by atoms with van der Waals surface area (Å²) in [5, 5.41) is 4.45. The summed E-state index contributed by atoms with van der Waals surface area (Å²) in [6, 6.07) is 9.46. The first kappa shape index (κ1) is 21.9. The van der Waals surface area contributed by atoms with Gasteiger partial charge in [0.25, 0.3) is 0 Å². The largest absolute Gasteiger partial charge is 0.497 e. The van der Waals surface area contributed by atoms with E-state index < -0.39 is 0 Å². The maximum absolute atomic E-state index is 6.37. The molecule has 0 atom stereocenters. The lowest BCUT2D eigenvalue weighted by molar-refractivity contribution is 0.0367. The summed E-state index contributed by atoms with van der Waals surface area (Å²) in [5.74, 6) is 2.49. The molecular weight excluding hydrogens is 410 g/mol. The number of morpholine rings is 1. The number of benzene rings is 1. The zero-order valence-electron chi connectivity index (χ0n) is 16.9. The molecule has 2 aromatic rings. The molecule has 29 heavy (non-hydrogen) atoms. The van der Waals surface area contributed by atoms with Gasteiger partial charge in [0.2, 0.25) is 0 Å². The fraction of sp³-hybridized carbons (Fsp3) is 0.476. The van der Waals surface area contributed by atoms with Crippen LogP contribution in [0.3, 0.4) is 0 Å². The van der Waals surface area contributed by atoms with Crippen molar-refractivity contribution in [2.45, 2.75) is 19.9 Å². The molecule has 0 unspecified atom stereocenters. The summed E-state index contributed by atoms with van der Waals surface area (Å²) >= 11 is 12.1. The molecule has 8 heteroatoms. The Kier molecular flexibility index (Phi) is 8.18. The number of aryl methyl sites for hydroxylation is 1. The highest BCUT2D eigenvalue weighted by Gasteiger charge is 2.16. The van der Waals surface area contributed by atoms with Gasteiger partial charge < -0.3 is 24.1 Å². The second-order valence-corrected chi connectivity index (χ2v) is 7.81. The van der Waals surface area contributed by atoms with Crippen molar-refractivity contribution in [1.29, 1.82) is 0 Å². The molecule has 2 heterocycles. The summed E-state index contributed by atoms with van der Waals surface area (Å²) in [6.07, 6.45) is 0.998. The Morgan fingerprint density at radius 3 is 2.72 bits per heavy atom. The normalized spacial score (nSPS) is 14.6. The molecule has 6 nitrogen and oxygen atoms in total. The van der Waals surface area contributed by atoms with E-state index in [4.69, 9.17) is 37.7 Å². The Balaban J connectivity index is 1.63. The SMILES string of the molecule is COc1ccc(NC(=S)N(CCCN2CCOCC2)Cc2ccc(C)o2)c(Cl)c1. The smallest absolute Gasteiger partial charge is 0.173 e. The predicted molar refractivity (Wildman–Crippen MR) is 120 cm³/mol. The number of hydrogen-bond donors (Lipinski definition) is 1. The Morgan fingerprint density at radius 1 is 1.28 bits per heavy atom. The number of nitrogens with zero attached hydrogens (tertiary/aromatic N) is 2. The van der Waals surface area contributed by atoms with Crippen LogP contribution in [0.1, 0.15) is 17.9 Å². The first-order valence-electron chi connectivity index (χ1n) is 9.80. The van der Waals surface area contributed by atoms with Gasteiger partial charge in [0.1, 0.15) is 17.3 Å². The fourth-order valence-corrected chi connectivity index (χ4v) is 3.72. The van der Waals surface area contributed by atoms with E-state index in [1.807, 2.05) is 31.2 Å². The molecule has 0 aliphatic carbocycles. The lowest BCUT2D eigenvalue weighted by atomic mass is 10.3. The third-order valence-electron chi connectivity index (χ3n) is 4.85. The number of halogens is 1. The van der Waals surface area contributed by atoms with Crippen molar-refractivity contribution in [2.24, 2.45) is 0 Å².